The fourth-order valence-electron chi connectivity index (χ4n) is 2.24. The maximum atomic E-state index is 11.8. The standard InChI is InChI=1S/C18H16BrNO5/c19-13-7-5-12(6-8-13)18(22)24-11-17(21)20-9-14-10-23-15-3-1-2-4-16(15)25-14/h1-8,14H,9-11H2,(H,20,21)/t14-/m1/s1. The number of carbonyl (C=O) groups excluding carboxylic acids is 2. The number of rotatable bonds is 5. The summed E-state index contributed by atoms with van der Waals surface area (Å²) in [5.74, 6) is 0.393. The van der Waals surface area contributed by atoms with Crippen molar-refractivity contribution >= 4 is 27.8 Å². The number of esters is 1. The highest BCUT2D eigenvalue weighted by Crippen LogP contribution is 2.30. The van der Waals surface area contributed by atoms with Crippen LogP contribution in [0.2, 0.25) is 0 Å². The van der Waals surface area contributed by atoms with Gasteiger partial charge in [-0.3, -0.25) is 4.79 Å². The second-order valence-corrected chi connectivity index (χ2v) is 6.30. The number of benzene rings is 2. The Morgan fingerprint density at radius 3 is 2.60 bits per heavy atom. The van der Waals surface area contributed by atoms with Crippen LogP contribution in [0.1, 0.15) is 10.4 Å². The Hall–Kier alpha value is -2.54. The zero-order valence-electron chi connectivity index (χ0n) is 13.2. The lowest BCUT2D eigenvalue weighted by atomic mass is 10.2. The maximum Gasteiger partial charge on any atom is 0.338 e. The van der Waals surface area contributed by atoms with E-state index in [1.807, 2.05) is 24.3 Å². The Kier molecular flexibility index (Phi) is 5.55. The molecule has 0 saturated heterocycles. The molecule has 25 heavy (non-hydrogen) atoms. The first-order valence-electron chi connectivity index (χ1n) is 7.69. The molecule has 0 radical (unpaired) electrons. The van der Waals surface area contributed by atoms with Crippen LogP contribution >= 0.6 is 15.9 Å². The number of hydrogen-bond acceptors (Lipinski definition) is 5. The molecular formula is C18H16BrNO5. The van der Waals surface area contributed by atoms with Crippen LogP contribution in [0.25, 0.3) is 0 Å². The predicted octanol–water partition coefficient (Wildman–Crippen LogP) is 2.56. The second-order valence-electron chi connectivity index (χ2n) is 5.38. The van der Waals surface area contributed by atoms with Crippen molar-refractivity contribution in [1.82, 2.24) is 5.32 Å². The summed E-state index contributed by atoms with van der Waals surface area (Å²) < 4.78 is 17.2. The lowest BCUT2D eigenvalue weighted by molar-refractivity contribution is -0.124. The normalized spacial score (nSPS) is 15.3. The average Bonchev–Trinajstić information content (AvgIpc) is 2.65. The van der Waals surface area contributed by atoms with E-state index in [0.29, 0.717) is 23.7 Å². The third-order valence-corrected chi connectivity index (χ3v) is 4.04. The maximum absolute atomic E-state index is 11.8. The van der Waals surface area contributed by atoms with Gasteiger partial charge in [-0.25, -0.2) is 4.79 Å². The van der Waals surface area contributed by atoms with Gasteiger partial charge in [0, 0.05) is 4.47 Å². The van der Waals surface area contributed by atoms with Gasteiger partial charge in [0.2, 0.25) is 0 Å². The van der Waals surface area contributed by atoms with E-state index in [2.05, 4.69) is 21.2 Å². The molecule has 1 aliphatic heterocycles. The van der Waals surface area contributed by atoms with Gasteiger partial charge in [0.15, 0.2) is 18.1 Å². The van der Waals surface area contributed by atoms with Crippen molar-refractivity contribution in [3.63, 3.8) is 0 Å². The number of fused-ring (bicyclic) bond motifs is 1. The minimum Gasteiger partial charge on any atom is -0.486 e. The fraction of sp³-hybridized carbons (Fsp3) is 0.222. The van der Waals surface area contributed by atoms with Gasteiger partial charge in [0.25, 0.3) is 5.91 Å². The Bertz CT molecular complexity index is 762. The molecule has 1 amide bonds. The van der Waals surface area contributed by atoms with E-state index in [-0.39, 0.29) is 19.3 Å². The minimum atomic E-state index is -0.547. The van der Waals surface area contributed by atoms with E-state index in [1.165, 1.54) is 0 Å². The lowest BCUT2D eigenvalue weighted by Gasteiger charge is -2.26. The van der Waals surface area contributed by atoms with Crippen molar-refractivity contribution < 1.29 is 23.8 Å². The Labute approximate surface area is 153 Å². The van der Waals surface area contributed by atoms with Crippen LogP contribution in [0.4, 0.5) is 0 Å². The van der Waals surface area contributed by atoms with Crippen molar-refractivity contribution in [2.75, 3.05) is 19.8 Å². The van der Waals surface area contributed by atoms with Gasteiger partial charge in [0.1, 0.15) is 12.7 Å². The smallest absolute Gasteiger partial charge is 0.338 e. The van der Waals surface area contributed by atoms with Gasteiger partial charge in [-0.15, -0.1) is 0 Å². The molecule has 130 valence electrons. The number of carbonyl (C=O) groups is 2. The summed E-state index contributed by atoms with van der Waals surface area (Å²) >= 11 is 3.29. The first kappa shape index (κ1) is 17.3. The van der Waals surface area contributed by atoms with Crippen molar-refractivity contribution in [3.8, 4) is 11.5 Å². The zero-order chi connectivity index (χ0) is 17.6. The highest BCUT2D eigenvalue weighted by molar-refractivity contribution is 9.10. The quantitative estimate of drug-likeness (QED) is 0.773. The first-order chi connectivity index (χ1) is 12.1. The molecule has 0 unspecified atom stereocenters. The molecule has 1 heterocycles. The second kappa shape index (κ2) is 8.02. The van der Waals surface area contributed by atoms with E-state index in [9.17, 15) is 9.59 Å². The Balaban J connectivity index is 1.41. The van der Waals surface area contributed by atoms with E-state index in [1.54, 1.807) is 24.3 Å². The van der Waals surface area contributed by atoms with Crippen LogP contribution in [0, 0.1) is 0 Å². The fourth-order valence-corrected chi connectivity index (χ4v) is 2.51. The summed E-state index contributed by atoms with van der Waals surface area (Å²) in [6.45, 7) is 0.262. The molecule has 0 saturated carbocycles. The molecular weight excluding hydrogens is 390 g/mol. The summed E-state index contributed by atoms with van der Waals surface area (Å²) in [5, 5.41) is 2.67. The summed E-state index contributed by atoms with van der Waals surface area (Å²) in [6.07, 6.45) is -0.291. The van der Waals surface area contributed by atoms with Crippen molar-refractivity contribution in [2.24, 2.45) is 0 Å². The first-order valence-corrected chi connectivity index (χ1v) is 8.49. The summed E-state index contributed by atoms with van der Waals surface area (Å²) in [5.41, 5.74) is 0.386. The number of hydrogen-bond donors (Lipinski definition) is 1. The molecule has 7 heteroatoms. The number of amides is 1. The van der Waals surface area contributed by atoms with E-state index in [0.717, 1.165) is 4.47 Å². The summed E-state index contributed by atoms with van der Waals surface area (Å²) in [4.78, 5) is 23.7. The molecule has 1 aliphatic rings. The molecule has 6 nitrogen and oxygen atoms in total. The summed E-state index contributed by atoms with van der Waals surface area (Å²) in [6, 6.07) is 14.1. The van der Waals surface area contributed by atoms with Gasteiger partial charge in [-0.05, 0) is 36.4 Å². The van der Waals surface area contributed by atoms with Crippen LogP contribution in [0.15, 0.2) is 53.0 Å². The number of halogens is 1. The van der Waals surface area contributed by atoms with E-state index in [4.69, 9.17) is 14.2 Å². The molecule has 0 aromatic heterocycles. The molecule has 1 atom stereocenters. The Morgan fingerprint density at radius 1 is 1.12 bits per heavy atom. The predicted molar refractivity (Wildman–Crippen MR) is 93.8 cm³/mol. The topological polar surface area (TPSA) is 73.9 Å². The SMILES string of the molecule is O=C(COC(=O)c1ccc(Br)cc1)NC[C@@H]1COc2ccccc2O1. The van der Waals surface area contributed by atoms with Crippen molar-refractivity contribution in [1.29, 1.82) is 0 Å². The van der Waals surface area contributed by atoms with Crippen LogP contribution in [-0.2, 0) is 9.53 Å². The molecule has 0 fully saturated rings. The highest BCUT2D eigenvalue weighted by Gasteiger charge is 2.21. The zero-order valence-corrected chi connectivity index (χ0v) is 14.8. The molecule has 1 N–H and O–H groups in total. The van der Waals surface area contributed by atoms with Crippen LogP contribution in [-0.4, -0.2) is 37.7 Å². The van der Waals surface area contributed by atoms with Gasteiger partial charge in [0.05, 0.1) is 12.1 Å². The van der Waals surface area contributed by atoms with Crippen molar-refractivity contribution in [2.45, 2.75) is 6.10 Å². The van der Waals surface area contributed by atoms with Gasteiger partial charge in [-0.2, -0.15) is 0 Å². The largest absolute Gasteiger partial charge is 0.486 e. The minimum absolute atomic E-state index is 0.267. The molecule has 0 spiro atoms. The number of para-hydroxylation sites is 2. The van der Waals surface area contributed by atoms with Crippen LogP contribution in [0.5, 0.6) is 11.5 Å². The van der Waals surface area contributed by atoms with Crippen LogP contribution in [0.3, 0.4) is 0 Å². The van der Waals surface area contributed by atoms with Gasteiger partial charge >= 0.3 is 5.97 Å². The average molecular weight is 406 g/mol. The summed E-state index contributed by atoms with van der Waals surface area (Å²) in [7, 11) is 0. The number of ether oxygens (including phenoxy) is 3. The highest BCUT2D eigenvalue weighted by atomic mass is 79.9. The molecule has 2 aromatic rings. The third kappa shape index (κ3) is 4.73. The van der Waals surface area contributed by atoms with Gasteiger partial charge < -0.3 is 19.5 Å². The third-order valence-electron chi connectivity index (χ3n) is 3.51. The van der Waals surface area contributed by atoms with E-state index >= 15 is 0 Å². The molecule has 2 aromatic carbocycles. The monoisotopic (exact) mass is 405 g/mol. The molecule has 0 bridgehead atoms. The van der Waals surface area contributed by atoms with Crippen LogP contribution < -0.4 is 14.8 Å². The van der Waals surface area contributed by atoms with E-state index < -0.39 is 11.9 Å². The molecule has 0 aliphatic carbocycles. The molecule has 3 rings (SSSR count). The lowest BCUT2D eigenvalue weighted by Crippen LogP contribution is -2.42. The van der Waals surface area contributed by atoms with Gasteiger partial charge in [-0.1, -0.05) is 28.1 Å². The van der Waals surface area contributed by atoms with Crippen molar-refractivity contribution in [3.05, 3.63) is 58.6 Å². The Morgan fingerprint density at radius 2 is 1.84 bits per heavy atom. The number of nitrogens with one attached hydrogen (secondary N) is 1.